The highest BCUT2D eigenvalue weighted by Gasteiger charge is 2.42. The summed E-state index contributed by atoms with van der Waals surface area (Å²) >= 11 is 0. The zero-order valence-electron chi connectivity index (χ0n) is 7.89. The monoisotopic (exact) mass is 170 g/mol. The highest BCUT2D eigenvalue weighted by molar-refractivity contribution is 5.83. The first-order valence-corrected chi connectivity index (χ1v) is 4.65. The Hall–Kier alpha value is -0.570. The number of carbonyl (C=O) groups is 1. The Morgan fingerprint density at radius 1 is 1.75 bits per heavy atom. The SMILES string of the molecule is CCNC(=O)C1(C)CCCC1N. The number of nitrogens with two attached hydrogens (primary N) is 1. The maximum atomic E-state index is 11.6. The van der Waals surface area contributed by atoms with Crippen molar-refractivity contribution in [3.05, 3.63) is 0 Å². The number of rotatable bonds is 2. The molecule has 3 nitrogen and oxygen atoms in total. The van der Waals surface area contributed by atoms with Crippen molar-refractivity contribution in [3.63, 3.8) is 0 Å². The fraction of sp³-hybridized carbons (Fsp3) is 0.889. The van der Waals surface area contributed by atoms with Gasteiger partial charge in [-0.2, -0.15) is 0 Å². The van der Waals surface area contributed by atoms with Crippen LogP contribution in [-0.2, 0) is 4.79 Å². The van der Waals surface area contributed by atoms with E-state index < -0.39 is 0 Å². The van der Waals surface area contributed by atoms with Gasteiger partial charge in [0.15, 0.2) is 0 Å². The van der Waals surface area contributed by atoms with Crippen molar-refractivity contribution >= 4 is 5.91 Å². The molecule has 0 spiro atoms. The molecule has 0 aromatic heterocycles. The molecule has 1 aliphatic rings. The van der Waals surface area contributed by atoms with E-state index in [9.17, 15) is 4.79 Å². The third-order valence-electron chi connectivity index (χ3n) is 2.89. The number of nitrogens with one attached hydrogen (secondary N) is 1. The number of hydrogen-bond acceptors (Lipinski definition) is 2. The lowest BCUT2D eigenvalue weighted by molar-refractivity contribution is -0.130. The van der Waals surface area contributed by atoms with E-state index in [0.717, 1.165) is 19.3 Å². The number of hydrogen-bond donors (Lipinski definition) is 2. The molecule has 0 heterocycles. The summed E-state index contributed by atoms with van der Waals surface area (Å²) in [6, 6.07) is 0.0454. The molecule has 0 saturated heterocycles. The van der Waals surface area contributed by atoms with E-state index >= 15 is 0 Å². The van der Waals surface area contributed by atoms with Crippen LogP contribution in [0.5, 0.6) is 0 Å². The molecule has 3 heteroatoms. The molecule has 1 aliphatic carbocycles. The maximum Gasteiger partial charge on any atom is 0.227 e. The highest BCUT2D eigenvalue weighted by Crippen LogP contribution is 2.36. The highest BCUT2D eigenvalue weighted by atomic mass is 16.2. The van der Waals surface area contributed by atoms with Crippen LogP contribution >= 0.6 is 0 Å². The Kier molecular flexibility index (Phi) is 2.73. The lowest BCUT2D eigenvalue weighted by Gasteiger charge is -2.27. The van der Waals surface area contributed by atoms with Gasteiger partial charge in [-0.05, 0) is 26.7 Å². The van der Waals surface area contributed by atoms with Crippen LogP contribution in [0.25, 0.3) is 0 Å². The van der Waals surface area contributed by atoms with E-state index in [0.29, 0.717) is 6.54 Å². The smallest absolute Gasteiger partial charge is 0.227 e. The van der Waals surface area contributed by atoms with Gasteiger partial charge in [-0.3, -0.25) is 4.79 Å². The molecule has 3 N–H and O–H groups in total. The average Bonchev–Trinajstić information content (AvgIpc) is 2.34. The predicted molar refractivity (Wildman–Crippen MR) is 48.6 cm³/mol. The van der Waals surface area contributed by atoms with Gasteiger partial charge in [-0.1, -0.05) is 6.42 Å². The van der Waals surface area contributed by atoms with Crippen molar-refractivity contribution in [1.82, 2.24) is 5.32 Å². The predicted octanol–water partition coefficient (Wildman–Crippen LogP) is 0.640. The third kappa shape index (κ3) is 1.46. The minimum absolute atomic E-state index is 0.0454. The molecule has 0 aromatic carbocycles. The molecule has 0 radical (unpaired) electrons. The standard InChI is InChI=1S/C9H18N2O/c1-3-11-8(12)9(2)6-4-5-7(9)10/h7H,3-6,10H2,1-2H3,(H,11,12). The average molecular weight is 170 g/mol. The Labute approximate surface area is 73.7 Å². The second kappa shape index (κ2) is 3.44. The Bertz CT molecular complexity index is 181. The van der Waals surface area contributed by atoms with Crippen LogP contribution in [0.2, 0.25) is 0 Å². The summed E-state index contributed by atoms with van der Waals surface area (Å²) in [5, 5.41) is 2.84. The molecule has 0 aromatic rings. The molecular formula is C9H18N2O. The molecule has 0 aliphatic heterocycles. The lowest BCUT2D eigenvalue weighted by Crippen LogP contribution is -2.47. The first-order valence-electron chi connectivity index (χ1n) is 4.65. The van der Waals surface area contributed by atoms with Crippen molar-refractivity contribution in [3.8, 4) is 0 Å². The first-order chi connectivity index (χ1) is 5.61. The van der Waals surface area contributed by atoms with E-state index in [2.05, 4.69) is 5.32 Å². The minimum Gasteiger partial charge on any atom is -0.356 e. The number of carbonyl (C=O) groups excluding carboxylic acids is 1. The van der Waals surface area contributed by atoms with Crippen LogP contribution in [0.4, 0.5) is 0 Å². The molecule has 2 unspecified atom stereocenters. The summed E-state index contributed by atoms with van der Waals surface area (Å²) in [5.74, 6) is 0.120. The summed E-state index contributed by atoms with van der Waals surface area (Å²) < 4.78 is 0. The Balaban J connectivity index is 2.63. The first kappa shape index (κ1) is 9.52. The Morgan fingerprint density at radius 3 is 2.83 bits per heavy atom. The molecule has 12 heavy (non-hydrogen) atoms. The van der Waals surface area contributed by atoms with Crippen molar-refractivity contribution in [2.24, 2.45) is 11.1 Å². The van der Waals surface area contributed by atoms with E-state index in [1.807, 2.05) is 13.8 Å². The van der Waals surface area contributed by atoms with Crippen LogP contribution in [0.1, 0.15) is 33.1 Å². The third-order valence-corrected chi connectivity index (χ3v) is 2.89. The molecule has 1 saturated carbocycles. The van der Waals surface area contributed by atoms with E-state index in [4.69, 9.17) is 5.73 Å². The summed E-state index contributed by atoms with van der Waals surface area (Å²) in [6.07, 6.45) is 2.99. The molecule has 1 rings (SSSR count). The van der Waals surface area contributed by atoms with E-state index in [1.165, 1.54) is 0 Å². The second-order valence-electron chi connectivity index (χ2n) is 3.78. The molecule has 1 fully saturated rings. The quantitative estimate of drug-likeness (QED) is 0.639. The number of amides is 1. The van der Waals surface area contributed by atoms with Crippen molar-refractivity contribution in [2.45, 2.75) is 39.2 Å². The summed E-state index contributed by atoms with van der Waals surface area (Å²) in [7, 11) is 0. The topological polar surface area (TPSA) is 55.1 Å². The van der Waals surface area contributed by atoms with Crippen LogP contribution in [-0.4, -0.2) is 18.5 Å². The van der Waals surface area contributed by atoms with E-state index in [1.54, 1.807) is 0 Å². The van der Waals surface area contributed by atoms with Crippen LogP contribution in [0.15, 0.2) is 0 Å². The van der Waals surface area contributed by atoms with Gasteiger partial charge in [0.05, 0.1) is 5.41 Å². The van der Waals surface area contributed by atoms with Crippen molar-refractivity contribution in [1.29, 1.82) is 0 Å². The van der Waals surface area contributed by atoms with Gasteiger partial charge in [0.25, 0.3) is 0 Å². The summed E-state index contributed by atoms with van der Waals surface area (Å²) in [5.41, 5.74) is 5.57. The lowest BCUT2D eigenvalue weighted by atomic mass is 9.84. The molecule has 1 amide bonds. The van der Waals surface area contributed by atoms with Gasteiger partial charge in [-0.25, -0.2) is 0 Å². The summed E-state index contributed by atoms with van der Waals surface area (Å²) in [6.45, 7) is 4.60. The van der Waals surface area contributed by atoms with Crippen LogP contribution in [0, 0.1) is 5.41 Å². The van der Waals surface area contributed by atoms with Gasteiger partial charge >= 0.3 is 0 Å². The van der Waals surface area contributed by atoms with Gasteiger partial charge in [-0.15, -0.1) is 0 Å². The molecule has 70 valence electrons. The fourth-order valence-electron chi connectivity index (χ4n) is 1.84. The van der Waals surface area contributed by atoms with Crippen LogP contribution < -0.4 is 11.1 Å². The second-order valence-corrected chi connectivity index (χ2v) is 3.78. The molecule has 0 bridgehead atoms. The zero-order chi connectivity index (χ0) is 9.19. The molecule has 2 atom stereocenters. The van der Waals surface area contributed by atoms with Gasteiger partial charge in [0, 0.05) is 12.6 Å². The van der Waals surface area contributed by atoms with Gasteiger partial charge in [0.2, 0.25) is 5.91 Å². The van der Waals surface area contributed by atoms with Crippen molar-refractivity contribution in [2.75, 3.05) is 6.54 Å². The zero-order valence-corrected chi connectivity index (χ0v) is 7.89. The largest absolute Gasteiger partial charge is 0.356 e. The maximum absolute atomic E-state index is 11.6. The minimum atomic E-state index is -0.310. The normalized spacial score (nSPS) is 35.1. The Morgan fingerprint density at radius 2 is 2.42 bits per heavy atom. The van der Waals surface area contributed by atoms with E-state index in [-0.39, 0.29) is 17.4 Å². The van der Waals surface area contributed by atoms with Crippen molar-refractivity contribution < 1.29 is 4.79 Å². The van der Waals surface area contributed by atoms with Gasteiger partial charge < -0.3 is 11.1 Å². The van der Waals surface area contributed by atoms with Crippen LogP contribution in [0.3, 0.4) is 0 Å². The van der Waals surface area contributed by atoms with Gasteiger partial charge in [0.1, 0.15) is 0 Å². The summed E-state index contributed by atoms with van der Waals surface area (Å²) in [4.78, 5) is 11.6. The molecular weight excluding hydrogens is 152 g/mol. The fourth-order valence-corrected chi connectivity index (χ4v) is 1.84.